The molecule has 0 atom stereocenters. The third kappa shape index (κ3) is 5.23. The molecule has 6 heteroatoms. The van der Waals surface area contributed by atoms with E-state index in [0.29, 0.717) is 35.8 Å². The van der Waals surface area contributed by atoms with Crippen molar-refractivity contribution in [2.24, 2.45) is 0 Å². The lowest BCUT2D eigenvalue weighted by molar-refractivity contribution is 0.0987. The number of Topliss-reactive ketones (excluding diaryl/α,β-unsaturated/α-hetero) is 1. The lowest BCUT2D eigenvalue weighted by Crippen LogP contribution is -2.28. The fourth-order valence-corrected chi connectivity index (χ4v) is 4.37. The first-order chi connectivity index (χ1) is 16.8. The highest BCUT2D eigenvalue weighted by Crippen LogP contribution is 2.39. The molecule has 0 bridgehead atoms. The van der Waals surface area contributed by atoms with E-state index in [0.717, 1.165) is 40.9 Å². The third-order valence-electron chi connectivity index (χ3n) is 6.38. The SMILES string of the molecule is COc1cc2c(cc1OCCN(C)C)N(C(=O)c1ccc(-c3ccc(C(C)=O)cc3C)cc1)CC2. The first-order valence-corrected chi connectivity index (χ1v) is 11.8. The molecule has 1 amide bonds. The van der Waals surface area contributed by atoms with Crippen LogP contribution in [-0.2, 0) is 6.42 Å². The normalized spacial score (nSPS) is 12.6. The van der Waals surface area contributed by atoms with Crippen molar-refractivity contribution in [2.45, 2.75) is 20.3 Å². The molecule has 0 radical (unpaired) electrons. The molecule has 0 saturated heterocycles. The van der Waals surface area contributed by atoms with Crippen molar-refractivity contribution in [1.82, 2.24) is 4.90 Å². The van der Waals surface area contributed by atoms with Gasteiger partial charge < -0.3 is 19.3 Å². The molecule has 0 aromatic heterocycles. The number of anilines is 1. The minimum atomic E-state index is -0.0386. The van der Waals surface area contributed by atoms with Gasteiger partial charge in [0.05, 0.1) is 12.8 Å². The molecule has 0 unspecified atom stereocenters. The largest absolute Gasteiger partial charge is 0.493 e. The zero-order chi connectivity index (χ0) is 25.1. The highest BCUT2D eigenvalue weighted by molar-refractivity contribution is 6.07. The monoisotopic (exact) mass is 472 g/mol. The summed E-state index contributed by atoms with van der Waals surface area (Å²) in [7, 11) is 5.63. The van der Waals surface area contributed by atoms with Crippen LogP contribution in [0.3, 0.4) is 0 Å². The molecule has 0 N–H and O–H groups in total. The molecular weight excluding hydrogens is 440 g/mol. The standard InChI is InChI=1S/C29H32N2O4/c1-19-16-23(20(2)32)10-11-25(19)21-6-8-22(9-7-21)29(33)31-13-12-24-17-27(34-5)28(18-26(24)31)35-15-14-30(3)4/h6-11,16-18H,12-15H2,1-5H3. The van der Waals surface area contributed by atoms with Crippen LogP contribution in [0.5, 0.6) is 11.5 Å². The zero-order valence-electron chi connectivity index (χ0n) is 21.1. The Morgan fingerprint density at radius 1 is 0.971 bits per heavy atom. The number of amides is 1. The Balaban J connectivity index is 1.56. The summed E-state index contributed by atoms with van der Waals surface area (Å²) in [6.45, 7) is 5.50. The van der Waals surface area contributed by atoms with Gasteiger partial charge in [-0.3, -0.25) is 9.59 Å². The summed E-state index contributed by atoms with van der Waals surface area (Å²) in [4.78, 5) is 28.9. The van der Waals surface area contributed by atoms with E-state index in [1.54, 1.807) is 14.0 Å². The van der Waals surface area contributed by atoms with Gasteiger partial charge in [0.1, 0.15) is 6.61 Å². The minimum Gasteiger partial charge on any atom is -0.493 e. The Kier molecular flexibility index (Phi) is 7.22. The summed E-state index contributed by atoms with van der Waals surface area (Å²) in [5.41, 5.74) is 6.37. The number of nitrogens with zero attached hydrogens (tertiary/aromatic N) is 2. The highest BCUT2D eigenvalue weighted by atomic mass is 16.5. The first kappa shape index (κ1) is 24.5. The molecule has 0 saturated carbocycles. The van der Waals surface area contributed by atoms with Crippen LogP contribution >= 0.6 is 0 Å². The number of rotatable bonds is 8. The number of fused-ring (bicyclic) bond motifs is 1. The second-order valence-electron chi connectivity index (χ2n) is 9.15. The molecule has 0 aliphatic carbocycles. The van der Waals surface area contributed by atoms with E-state index >= 15 is 0 Å². The molecule has 1 aliphatic heterocycles. The Bertz CT molecular complexity index is 1250. The van der Waals surface area contributed by atoms with Gasteiger partial charge in [0.2, 0.25) is 0 Å². The fourth-order valence-electron chi connectivity index (χ4n) is 4.37. The molecule has 182 valence electrons. The van der Waals surface area contributed by atoms with Crippen LogP contribution in [0.2, 0.25) is 0 Å². The Labute approximate surface area is 207 Å². The predicted molar refractivity (Wildman–Crippen MR) is 139 cm³/mol. The van der Waals surface area contributed by atoms with Crippen LogP contribution in [0.1, 0.15) is 38.8 Å². The third-order valence-corrected chi connectivity index (χ3v) is 6.38. The lowest BCUT2D eigenvalue weighted by Gasteiger charge is -2.20. The molecule has 4 rings (SSSR count). The van der Waals surface area contributed by atoms with Crippen molar-refractivity contribution in [3.05, 3.63) is 76.9 Å². The average molecular weight is 473 g/mol. The molecule has 1 aliphatic rings. The topological polar surface area (TPSA) is 59.1 Å². The Morgan fingerprint density at radius 2 is 1.69 bits per heavy atom. The smallest absolute Gasteiger partial charge is 0.258 e. The second kappa shape index (κ2) is 10.3. The van der Waals surface area contributed by atoms with Gasteiger partial charge in [0.25, 0.3) is 5.91 Å². The summed E-state index contributed by atoms with van der Waals surface area (Å²) in [6.07, 6.45) is 0.773. The quantitative estimate of drug-likeness (QED) is 0.431. The number of likely N-dealkylation sites (N-methyl/N-ethyl adjacent to an activating group) is 1. The van der Waals surface area contributed by atoms with E-state index in [4.69, 9.17) is 9.47 Å². The number of ether oxygens (including phenoxy) is 2. The number of hydrogen-bond donors (Lipinski definition) is 0. The maximum atomic E-state index is 13.4. The van der Waals surface area contributed by atoms with Crippen molar-refractivity contribution < 1.29 is 19.1 Å². The lowest BCUT2D eigenvalue weighted by atomic mass is 9.96. The van der Waals surface area contributed by atoms with Gasteiger partial charge in [-0.05, 0) is 80.9 Å². The molecule has 3 aromatic rings. The predicted octanol–water partition coefficient (Wildman–Crippen LogP) is 5.02. The van der Waals surface area contributed by atoms with Gasteiger partial charge in [-0.15, -0.1) is 0 Å². The fraction of sp³-hybridized carbons (Fsp3) is 0.310. The van der Waals surface area contributed by atoms with Crippen molar-refractivity contribution in [2.75, 3.05) is 45.8 Å². The van der Waals surface area contributed by atoms with Crippen molar-refractivity contribution in [1.29, 1.82) is 0 Å². The average Bonchev–Trinajstić information content (AvgIpc) is 3.25. The van der Waals surface area contributed by atoms with Gasteiger partial charge in [-0.25, -0.2) is 0 Å². The summed E-state index contributed by atoms with van der Waals surface area (Å²) < 4.78 is 11.5. The van der Waals surface area contributed by atoms with Gasteiger partial charge in [0.15, 0.2) is 17.3 Å². The summed E-state index contributed by atoms with van der Waals surface area (Å²) >= 11 is 0. The van der Waals surface area contributed by atoms with Gasteiger partial charge in [0, 0.05) is 30.3 Å². The number of methoxy groups -OCH3 is 1. The summed E-state index contributed by atoms with van der Waals surface area (Å²) in [5, 5.41) is 0. The van der Waals surface area contributed by atoms with Crippen LogP contribution in [-0.4, -0.2) is 57.5 Å². The van der Waals surface area contributed by atoms with Crippen LogP contribution in [0.4, 0.5) is 5.69 Å². The summed E-state index contributed by atoms with van der Waals surface area (Å²) in [6, 6.07) is 17.3. The van der Waals surface area contributed by atoms with Crippen molar-refractivity contribution in [3.63, 3.8) is 0 Å². The molecule has 0 spiro atoms. The summed E-state index contributed by atoms with van der Waals surface area (Å²) in [5.74, 6) is 1.35. The van der Waals surface area contributed by atoms with E-state index in [-0.39, 0.29) is 11.7 Å². The number of benzene rings is 3. The molecule has 0 fully saturated rings. The molecule has 6 nitrogen and oxygen atoms in total. The second-order valence-corrected chi connectivity index (χ2v) is 9.15. The number of carbonyl (C=O) groups is 2. The molecule has 35 heavy (non-hydrogen) atoms. The maximum Gasteiger partial charge on any atom is 0.258 e. The van der Waals surface area contributed by atoms with Crippen LogP contribution in [0, 0.1) is 6.92 Å². The van der Waals surface area contributed by atoms with Gasteiger partial charge in [-0.1, -0.05) is 24.3 Å². The first-order valence-electron chi connectivity index (χ1n) is 11.8. The van der Waals surface area contributed by atoms with Gasteiger partial charge in [-0.2, -0.15) is 0 Å². The Hall–Kier alpha value is -3.64. The van der Waals surface area contributed by atoms with E-state index < -0.39 is 0 Å². The van der Waals surface area contributed by atoms with Crippen molar-refractivity contribution >= 4 is 17.4 Å². The maximum absolute atomic E-state index is 13.4. The van der Waals surface area contributed by atoms with Crippen LogP contribution in [0.25, 0.3) is 11.1 Å². The number of carbonyl (C=O) groups excluding carboxylic acids is 2. The van der Waals surface area contributed by atoms with E-state index in [1.165, 1.54) is 0 Å². The molecule has 1 heterocycles. The number of hydrogen-bond acceptors (Lipinski definition) is 5. The number of aryl methyl sites for hydroxylation is 1. The van der Waals surface area contributed by atoms with Crippen LogP contribution < -0.4 is 14.4 Å². The van der Waals surface area contributed by atoms with E-state index in [2.05, 4.69) is 4.90 Å². The van der Waals surface area contributed by atoms with Crippen LogP contribution in [0.15, 0.2) is 54.6 Å². The highest BCUT2D eigenvalue weighted by Gasteiger charge is 2.28. The Morgan fingerprint density at radius 3 is 2.31 bits per heavy atom. The van der Waals surface area contributed by atoms with Crippen molar-refractivity contribution in [3.8, 4) is 22.6 Å². The zero-order valence-corrected chi connectivity index (χ0v) is 21.1. The van der Waals surface area contributed by atoms with E-state index in [9.17, 15) is 9.59 Å². The van der Waals surface area contributed by atoms with E-state index in [1.807, 2.05) is 80.5 Å². The molecule has 3 aromatic carbocycles. The minimum absolute atomic E-state index is 0.0386. The molecular formula is C29H32N2O4. The van der Waals surface area contributed by atoms with Gasteiger partial charge >= 0.3 is 0 Å². The number of ketones is 1.